The highest BCUT2D eigenvalue weighted by Crippen LogP contribution is 2.33. The summed E-state index contributed by atoms with van der Waals surface area (Å²) < 4.78 is 37.1. The number of likely N-dealkylation sites (N-methyl/N-ethyl adjacent to an activating group) is 1. The molecule has 1 aliphatic heterocycles. The Bertz CT molecular complexity index is 246. The predicted molar refractivity (Wildman–Crippen MR) is 44.6 cm³/mol. The third-order valence-electron chi connectivity index (χ3n) is 2.29. The SMILES string of the molecule is CN1C[C@H](N=[N+]=[N-])C[C@@H](C(F)(F)F)C1. The molecule has 0 aromatic heterocycles. The number of piperidine rings is 1. The van der Waals surface area contributed by atoms with Gasteiger partial charge in [-0.2, -0.15) is 13.2 Å². The molecule has 4 nitrogen and oxygen atoms in total. The van der Waals surface area contributed by atoms with Crippen LogP contribution >= 0.6 is 0 Å². The lowest BCUT2D eigenvalue weighted by Gasteiger charge is -2.34. The number of hydrogen-bond donors (Lipinski definition) is 0. The highest BCUT2D eigenvalue weighted by atomic mass is 19.4. The molecule has 0 amide bonds. The van der Waals surface area contributed by atoms with E-state index in [1.807, 2.05) is 0 Å². The zero-order valence-electron chi connectivity index (χ0n) is 7.70. The fraction of sp³-hybridized carbons (Fsp3) is 1.00. The van der Waals surface area contributed by atoms with Crippen LogP contribution in [0.25, 0.3) is 10.4 Å². The summed E-state index contributed by atoms with van der Waals surface area (Å²) in [5, 5.41) is 3.34. The molecule has 14 heavy (non-hydrogen) atoms. The van der Waals surface area contributed by atoms with Crippen molar-refractivity contribution in [1.29, 1.82) is 0 Å². The maximum Gasteiger partial charge on any atom is 0.393 e. The first kappa shape index (κ1) is 11.1. The molecular weight excluding hydrogens is 197 g/mol. The second-order valence-electron chi connectivity index (χ2n) is 3.55. The third kappa shape index (κ3) is 2.78. The van der Waals surface area contributed by atoms with Gasteiger partial charge in [-0.1, -0.05) is 5.11 Å². The van der Waals surface area contributed by atoms with Crippen LogP contribution in [0.3, 0.4) is 0 Å². The smallest absolute Gasteiger partial charge is 0.305 e. The topological polar surface area (TPSA) is 52.0 Å². The second-order valence-corrected chi connectivity index (χ2v) is 3.55. The molecule has 0 saturated carbocycles. The molecule has 0 N–H and O–H groups in total. The van der Waals surface area contributed by atoms with Crippen LogP contribution in [0.4, 0.5) is 13.2 Å². The first-order valence-electron chi connectivity index (χ1n) is 4.23. The molecule has 0 aliphatic carbocycles. The van der Waals surface area contributed by atoms with Crippen molar-refractivity contribution in [3.05, 3.63) is 10.4 Å². The van der Waals surface area contributed by atoms with Crippen molar-refractivity contribution in [2.45, 2.75) is 18.6 Å². The lowest BCUT2D eigenvalue weighted by Crippen LogP contribution is -2.45. The van der Waals surface area contributed by atoms with E-state index in [4.69, 9.17) is 5.53 Å². The van der Waals surface area contributed by atoms with E-state index in [0.29, 0.717) is 6.54 Å². The van der Waals surface area contributed by atoms with E-state index >= 15 is 0 Å². The Kier molecular flexibility index (Phi) is 3.23. The normalized spacial score (nSPS) is 29.7. The van der Waals surface area contributed by atoms with E-state index in [9.17, 15) is 13.2 Å². The number of rotatable bonds is 1. The minimum Gasteiger partial charge on any atom is -0.305 e. The molecule has 1 heterocycles. The molecule has 1 aliphatic rings. The molecule has 80 valence electrons. The number of hydrogen-bond acceptors (Lipinski definition) is 2. The van der Waals surface area contributed by atoms with Gasteiger partial charge in [-0.3, -0.25) is 0 Å². The lowest BCUT2D eigenvalue weighted by molar-refractivity contribution is -0.186. The molecule has 0 spiro atoms. The van der Waals surface area contributed by atoms with E-state index < -0.39 is 18.1 Å². The molecule has 0 unspecified atom stereocenters. The van der Waals surface area contributed by atoms with E-state index in [1.165, 1.54) is 0 Å². The molecule has 0 aromatic rings. The van der Waals surface area contributed by atoms with Crippen molar-refractivity contribution in [1.82, 2.24) is 4.90 Å². The second kappa shape index (κ2) is 4.06. The number of halogens is 3. The lowest BCUT2D eigenvalue weighted by atomic mass is 9.94. The standard InChI is InChI=1S/C7H11F3N4/c1-14-3-5(7(8,9)10)2-6(4-14)12-13-11/h5-6H,2-4H2,1H3/t5-,6-/m1/s1. The van der Waals surface area contributed by atoms with Crippen LogP contribution in [0.15, 0.2) is 5.11 Å². The fourth-order valence-corrected chi connectivity index (χ4v) is 1.68. The van der Waals surface area contributed by atoms with Crippen molar-refractivity contribution >= 4 is 0 Å². The Morgan fingerprint density at radius 1 is 1.43 bits per heavy atom. The van der Waals surface area contributed by atoms with Crippen LogP contribution in [0.1, 0.15) is 6.42 Å². The Morgan fingerprint density at radius 3 is 2.57 bits per heavy atom. The zero-order valence-corrected chi connectivity index (χ0v) is 7.70. The van der Waals surface area contributed by atoms with Crippen molar-refractivity contribution in [2.24, 2.45) is 11.0 Å². The minimum absolute atomic E-state index is 0.0129. The van der Waals surface area contributed by atoms with Crippen LogP contribution in [0.2, 0.25) is 0 Å². The molecule has 2 atom stereocenters. The van der Waals surface area contributed by atoms with E-state index in [1.54, 1.807) is 11.9 Å². The van der Waals surface area contributed by atoms with E-state index in [2.05, 4.69) is 10.0 Å². The van der Waals surface area contributed by atoms with Crippen molar-refractivity contribution in [3.63, 3.8) is 0 Å². The van der Waals surface area contributed by atoms with Gasteiger partial charge in [0.2, 0.25) is 0 Å². The molecule has 1 saturated heterocycles. The summed E-state index contributed by atoms with van der Waals surface area (Å²) >= 11 is 0. The van der Waals surface area contributed by atoms with Gasteiger partial charge in [0.15, 0.2) is 0 Å². The van der Waals surface area contributed by atoms with Crippen molar-refractivity contribution in [2.75, 3.05) is 20.1 Å². The van der Waals surface area contributed by atoms with Gasteiger partial charge in [0, 0.05) is 18.0 Å². The van der Waals surface area contributed by atoms with Crippen LogP contribution < -0.4 is 0 Å². The largest absolute Gasteiger partial charge is 0.393 e. The summed E-state index contributed by atoms with van der Waals surface area (Å²) in [6.07, 6.45) is -4.30. The summed E-state index contributed by atoms with van der Waals surface area (Å²) in [5.74, 6) is -1.38. The van der Waals surface area contributed by atoms with Gasteiger partial charge in [0.1, 0.15) is 0 Å². The summed E-state index contributed by atoms with van der Waals surface area (Å²) in [5.41, 5.74) is 8.15. The average molecular weight is 208 g/mol. The Morgan fingerprint density at radius 2 is 2.07 bits per heavy atom. The average Bonchev–Trinajstić information content (AvgIpc) is 2.02. The van der Waals surface area contributed by atoms with Crippen molar-refractivity contribution < 1.29 is 13.2 Å². The number of likely N-dealkylation sites (tertiary alicyclic amines) is 1. The maximum absolute atomic E-state index is 12.4. The third-order valence-corrected chi connectivity index (χ3v) is 2.29. The first-order valence-corrected chi connectivity index (χ1v) is 4.23. The molecule has 0 radical (unpaired) electrons. The van der Waals surface area contributed by atoms with Crippen molar-refractivity contribution in [3.8, 4) is 0 Å². The van der Waals surface area contributed by atoms with Gasteiger partial charge >= 0.3 is 6.18 Å². The van der Waals surface area contributed by atoms with Gasteiger partial charge in [-0.05, 0) is 19.0 Å². The number of azide groups is 1. The van der Waals surface area contributed by atoms with E-state index in [-0.39, 0.29) is 13.0 Å². The Hall–Kier alpha value is -0.940. The summed E-state index contributed by atoms with van der Waals surface area (Å²) in [6, 6.07) is -0.564. The highest BCUT2D eigenvalue weighted by Gasteiger charge is 2.43. The van der Waals surface area contributed by atoms with Gasteiger partial charge in [0.25, 0.3) is 0 Å². The predicted octanol–water partition coefficient (Wildman–Crippen LogP) is 2.18. The quantitative estimate of drug-likeness (QED) is 0.370. The van der Waals surface area contributed by atoms with E-state index in [0.717, 1.165) is 0 Å². The van der Waals surface area contributed by atoms with Crippen LogP contribution in [-0.4, -0.2) is 37.3 Å². The van der Waals surface area contributed by atoms with Gasteiger partial charge in [0.05, 0.1) is 12.0 Å². The van der Waals surface area contributed by atoms with Crippen LogP contribution in [0, 0.1) is 5.92 Å². The van der Waals surface area contributed by atoms with Crippen LogP contribution in [0.5, 0.6) is 0 Å². The Labute approximate surface area is 79.3 Å². The number of alkyl halides is 3. The summed E-state index contributed by atoms with van der Waals surface area (Å²) in [4.78, 5) is 4.08. The molecule has 1 fully saturated rings. The molecular formula is C7H11F3N4. The van der Waals surface area contributed by atoms with Gasteiger partial charge in [-0.15, -0.1) is 0 Å². The molecule has 0 aromatic carbocycles. The summed E-state index contributed by atoms with van der Waals surface area (Å²) in [6.45, 7) is 0.386. The maximum atomic E-state index is 12.4. The highest BCUT2D eigenvalue weighted by molar-refractivity contribution is 4.85. The molecule has 1 rings (SSSR count). The zero-order chi connectivity index (χ0) is 10.8. The van der Waals surface area contributed by atoms with Crippen LogP contribution in [-0.2, 0) is 0 Å². The molecule has 7 heteroatoms. The van der Waals surface area contributed by atoms with Gasteiger partial charge in [-0.25, -0.2) is 0 Å². The summed E-state index contributed by atoms with van der Waals surface area (Å²) in [7, 11) is 1.60. The molecule has 0 bridgehead atoms. The Balaban J connectivity index is 2.67. The number of nitrogens with zero attached hydrogens (tertiary/aromatic N) is 4. The first-order chi connectivity index (χ1) is 6.43. The minimum atomic E-state index is -4.20. The monoisotopic (exact) mass is 208 g/mol. The fourth-order valence-electron chi connectivity index (χ4n) is 1.68. The van der Waals surface area contributed by atoms with Gasteiger partial charge < -0.3 is 4.90 Å².